The first-order valence-corrected chi connectivity index (χ1v) is 6.59. The van der Waals surface area contributed by atoms with E-state index in [1.165, 1.54) is 0 Å². The van der Waals surface area contributed by atoms with Gasteiger partial charge in [0.2, 0.25) is 5.91 Å². The van der Waals surface area contributed by atoms with E-state index in [4.69, 9.17) is 0 Å². The molecule has 1 rings (SSSR count). The van der Waals surface area contributed by atoms with Crippen LogP contribution in [0.25, 0.3) is 0 Å². The number of nitrogens with one attached hydrogen (secondary N) is 2. The van der Waals surface area contributed by atoms with Crippen molar-refractivity contribution >= 4 is 5.91 Å². The number of hydrogen-bond acceptors (Lipinski definition) is 2. The number of carbonyl (C=O) groups excluding carboxylic acids is 1. The summed E-state index contributed by atoms with van der Waals surface area (Å²) in [7, 11) is 0. The number of rotatable bonds is 4. The van der Waals surface area contributed by atoms with Gasteiger partial charge in [-0.1, -0.05) is 27.7 Å². The predicted octanol–water partition coefficient (Wildman–Crippen LogP) is 2.33. The smallest absolute Gasteiger partial charge is 0.355 e. The topological polar surface area (TPSA) is 41.1 Å². The van der Waals surface area contributed by atoms with Gasteiger partial charge in [-0.25, -0.2) is 0 Å². The highest BCUT2D eigenvalue weighted by molar-refractivity contribution is 5.84. The molecule has 0 aliphatic carbocycles. The first-order valence-electron chi connectivity index (χ1n) is 6.59. The SMILES string of the molecule is CC(C)C(C)(C)CNC(=O)C1(C(F)(F)F)CCNC1. The molecule has 1 unspecified atom stereocenters. The van der Waals surface area contributed by atoms with Crippen LogP contribution in [0.1, 0.15) is 34.1 Å². The Labute approximate surface area is 112 Å². The van der Waals surface area contributed by atoms with Crippen LogP contribution in [0.2, 0.25) is 0 Å². The Hall–Kier alpha value is -0.780. The molecule has 3 nitrogen and oxygen atoms in total. The largest absolute Gasteiger partial charge is 0.404 e. The normalized spacial score (nSPS) is 24.8. The molecule has 1 saturated heterocycles. The summed E-state index contributed by atoms with van der Waals surface area (Å²) in [6.07, 6.45) is -4.70. The monoisotopic (exact) mass is 280 g/mol. The maximum atomic E-state index is 13.1. The molecule has 1 heterocycles. The fourth-order valence-corrected chi connectivity index (χ4v) is 1.94. The minimum absolute atomic E-state index is 0.190. The zero-order valence-electron chi connectivity index (χ0n) is 11.9. The van der Waals surface area contributed by atoms with Gasteiger partial charge in [0, 0.05) is 13.1 Å². The van der Waals surface area contributed by atoms with Crippen LogP contribution in [-0.2, 0) is 4.79 Å². The molecule has 1 aliphatic heterocycles. The van der Waals surface area contributed by atoms with E-state index in [0.29, 0.717) is 0 Å². The van der Waals surface area contributed by atoms with Gasteiger partial charge in [-0.05, 0) is 24.3 Å². The summed E-state index contributed by atoms with van der Waals surface area (Å²) in [6.45, 7) is 7.99. The lowest BCUT2D eigenvalue weighted by molar-refractivity contribution is -0.216. The molecule has 0 aromatic carbocycles. The summed E-state index contributed by atoms with van der Waals surface area (Å²) in [5.41, 5.74) is -2.49. The minimum Gasteiger partial charge on any atom is -0.355 e. The molecular formula is C13H23F3N2O. The van der Waals surface area contributed by atoms with Crippen LogP contribution >= 0.6 is 0 Å². The van der Waals surface area contributed by atoms with Crippen LogP contribution < -0.4 is 10.6 Å². The molecule has 1 aliphatic rings. The number of alkyl halides is 3. The van der Waals surface area contributed by atoms with E-state index in [1.54, 1.807) is 0 Å². The van der Waals surface area contributed by atoms with Gasteiger partial charge >= 0.3 is 6.18 Å². The molecular weight excluding hydrogens is 257 g/mol. The summed E-state index contributed by atoms with van der Waals surface area (Å²) >= 11 is 0. The van der Waals surface area contributed by atoms with E-state index >= 15 is 0 Å². The summed E-state index contributed by atoms with van der Waals surface area (Å²) in [5.74, 6) is -0.630. The summed E-state index contributed by atoms with van der Waals surface area (Å²) < 4.78 is 39.4. The molecule has 2 N–H and O–H groups in total. The van der Waals surface area contributed by atoms with Gasteiger partial charge in [0.25, 0.3) is 0 Å². The van der Waals surface area contributed by atoms with Crippen molar-refractivity contribution in [1.82, 2.24) is 10.6 Å². The van der Waals surface area contributed by atoms with E-state index in [9.17, 15) is 18.0 Å². The van der Waals surface area contributed by atoms with Crippen molar-refractivity contribution in [3.05, 3.63) is 0 Å². The van der Waals surface area contributed by atoms with Crippen molar-refractivity contribution < 1.29 is 18.0 Å². The Morgan fingerprint density at radius 2 is 1.95 bits per heavy atom. The molecule has 0 aromatic rings. The van der Waals surface area contributed by atoms with Gasteiger partial charge in [0.1, 0.15) is 0 Å². The molecule has 0 spiro atoms. The van der Waals surface area contributed by atoms with Crippen LogP contribution in [0.5, 0.6) is 0 Å². The molecule has 0 radical (unpaired) electrons. The van der Waals surface area contributed by atoms with Crippen molar-refractivity contribution in [3.8, 4) is 0 Å². The zero-order valence-corrected chi connectivity index (χ0v) is 11.9. The van der Waals surface area contributed by atoms with Crippen LogP contribution in [-0.4, -0.2) is 31.7 Å². The third-order valence-electron chi connectivity index (χ3n) is 4.40. The molecule has 19 heavy (non-hydrogen) atoms. The lowest BCUT2D eigenvalue weighted by Crippen LogP contribution is -2.53. The fourth-order valence-electron chi connectivity index (χ4n) is 1.94. The molecule has 6 heteroatoms. The summed E-state index contributed by atoms with van der Waals surface area (Å²) in [6, 6.07) is 0. The average Bonchev–Trinajstić information content (AvgIpc) is 2.75. The van der Waals surface area contributed by atoms with Crippen LogP contribution in [0.4, 0.5) is 13.2 Å². The van der Waals surface area contributed by atoms with Gasteiger partial charge in [-0.15, -0.1) is 0 Å². The lowest BCUT2D eigenvalue weighted by atomic mass is 9.80. The molecule has 1 amide bonds. The van der Waals surface area contributed by atoms with Crippen molar-refractivity contribution in [2.75, 3.05) is 19.6 Å². The van der Waals surface area contributed by atoms with Gasteiger partial charge < -0.3 is 10.6 Å². The lowest BCUT2D eigenvalue weighted by Gasteiger charge is -2.33. The quantitative estimate of drug-likeness (QED) is 0.830. The van der Waals surface area contributed by atoms with Crippen LogP contribution in [0, 0.1) is 16.7 Å². The molecule has 0 saturated carbocycles. The van der Waals surface area contributed by atoms with Gasteiger partial charge in [-0.2, -0.15) is 13.2 Å². The van der Waals surface area contributed by atoms with Gasteiger partial charge in [0.15, 0.2) is 5.41 Å². The van der Waals surface area contributed by atoms with Gasteiger partial charge in [-0.3, -0.25) is 4.79 Å². The Balaban J connectivity index is 2.76. The third kappa shape index (κ3) is 3.22. The Morgan fingerprint density at radius 1 is 1.37 bits per heavy atom. The van der Waals surface area contributed by atoms with E-state index in [-0.39, 0.29) is 37.4 Å². The average molecular weight is 280 g/mol. The highest BCUT2D eigenvalue weighted by Gasteiger charge is 2.61. The fraction of sp³-hybridized carbons (Fsp3) is 0.923. The number of carbonyl (C=O) groups is 1. The third-order valence-corrected chi connectivity index (χ3v) is 4.40. The molecule has 1 fully saturated rings. The molecule has 0 aromatic heterocycles. The summed E-state index contributed by atoms with van der Waals surface area (Å²) in [4.78, 5) is 12.0. The second kappa shape index (κ2) is 5.31. The van der Waals surface area contributed by atoms with E-state index < -0.39 is 17.5 Å². The van der Waals surface area contributed by atoms with Crippen LogP contribution in [0.3, 0.4) is 0 Å². The van der Waals surface area contributed by atoms with E-state index in [1.807, 2.05) is 27.7 Å². The second-order valence-corrected chi connectivity index (χ2v) is 6.33. The molecule has 0 bridgehead atoms. The molecule has 1 atom stereocenters. The molecule has 112 valence electrons. The highest BCUT2D eigenvalue weighted by atomic mass is 19.4. The van der Waals surface area contributed by atoms with E-state index in [0.717, 1.165) is 0 Å². The predicted molar refractivity (Wildman–Crippen MR) is 67.6 cm³/mol. The standard InChI is InChI=1S/C13H23F3N2O/c1-9(2)11(3,4)7-18-10(19)12(13(14,15)16)5-6-17-8-12/h9,17H,5-8H2,1-4H3,(H,18,19). The minimum atomic E-state index is -4.51. The first kappa shape index (κ1) is 16.3. The van der Waals surface area contributed by atoms with Crippen molar-refractivity contribution in [3.63, 3.8) is 0 Å². The van der Waals surface area contributed by atoms with Crippen molar-refractivity contribution in [1.29, 1.82) is 0 Å². The highest BCUT2D eigenvalue weighted by Crippen LogP contribution is 2.43. The Morgan fingerprint density at radius 3 is 2.32 bits per heavy atom. The van der Waals surface area contributed by atoms with Crippen molar-refractivity contribution in [2.24, 2.45) is 16.7 Å². The Bertz CT molecular complexity index is 331. The number of amides is 1. The number of halogens is 3. The second-order valence-electron chi connectivity index (χ2n) is 6.33. The Kier molecular flexibility index (Phi) is 4.55. The summed E-state index contributed by atoms with van der Waals surface area (Å²) in [5, 5.41) is 5.13. The van der Waals surface area contributed by atoms with Crippen molar-refractivity contribution in [2.45, 2.75) is 40.3 Å². The maximum Gasteiger partial charge on any atom is 0.404 e. The zero-order chi connectivity index (χ0) is 14.9. The van der Waals surface area contributed by atoms with Crippen LogP contribution in [0.15, 0.2) is 0 Å². The van der Waals surface area contributed by atoms with Gasteiger partial charge in [0.05, 0.1) is 0 Å². The maximum absolute atomic E-state index is 13.1. The first-order chi connectivity index (χ1) is 8.53. The van der Waals surface area contributed by atoms with E-state index in [2.05, 4.69) is 10.6 Å². The number of hydrogen-bond donors (Lipinski definition) is 2.